The number of aromatic nitrogens is 6. The van der Waals surface area contributed by atoms with Crippen molar-refractivity contribution in [2.75, 3.05) is 0 Å². The van der Waals surface area contributed by atoms with Gasteiger partial charge in [-0.1, -0.05) is 181 Å². The van der Waals surface area contributed by atoms with Crippen LogP contribution in [0.15, 0.2) is 212 Å². The average Bonchev–Trinajstić information content (AvgIpc) is 3.68. The molecule has 0 saturated carbocycles. The third kappa shape index (κ3) is 6.89. The second-order valence-electron chi connectivity index (χ2n) is 15.4. The van der Waals surface area contributed by atoms with E-state index >= 15 is 0 Å². The number of hydrogen-bond acceptors (Lipinski definition) is 5. The zero-order valence-electron chi connectivity index (χ0n) is 33.9. The van der Waals surface area contributed by atoms with Crippen molar-refractivity contribution in [2.24, 2.45) is 0 Å². The second-order valence-corrected chi connectivity index (χ2v) is 15.4. The van der Waals surface area contributed by atoms with Crippen LogP contribution in [0.25, 0.3) is 107 Å². The molecule has 0 unspecified atom stereocenters. The Morgan fingerprint density at radius 2 is 0.790 bits per heavy atom. The molecule has 6 heteroatoms. The Labute approximate surface area is 359 Å². The van der Waals surface area contributed by atoms with Crippen molar-refractivity contribution in [3.63, 3.8) is 0 Å². The Balaban J connectivity index is 1.21. The van der Waals surface area contributed by atoms with Crippen LogP contribution in [0.3, 0.4) is 0 Å². The molecule has 0 aliphatic heterocycles. The molecule has 3 aromatic heterocycles. The van der Waals surface area contributed by atoms with Crippen LogP contribution >= 0.6 is 0 Å². The molecule has 8 aromatic carbocycles. The van der Waals surface area contributed by atoms with Gasteiger partial charge in [-0.05, 0) is 54.4 Å². The van der Waals surface area contributed by atoms with Crippen LogP contribution in [0, 0.1) is 6.92 Å². The molecule has 0 bridgehead atoms. The first-order valence-electron chi connectivity index (χ1n) is 20.8. The van der Waals surface area contributed by atoms with Crippen LogP contribution in [-0.2, 0) is 0 Å². The fourth-order valence-electron chi connectivity index (χ4n) is 8.30. The minimum absolute atomic E-state index is 0.540. The third-order valence-electron chi connectivity index (χ3n) is 11.3. The molecular formula is C56H38N6. The van der Waals surface area contributed by atoms with Gasteiger partial charge in [0, 0.05) is 44.2 Å². The van der Waals surface area contributed by atoms with E-state index in [1.54, 1.807) is 0 Å². The van der Waals surface area contributed by atoms with E-state index in [0.29, 0.717) is 23.3 Å². The minimum atomic E-state index is 0.540. The van der Waals surface area contributed by atoms with E-state index in [4.69, 9.17) is 24.9 Å². The van der Waals surface area contributed by atoms with Gasteiger partial charge in [0.1, 0.15) is 0 Å². The summed E-state index contributed by atoms with van der Waals surface area (Å²) in [6.45, 7) is 2.14. The van der Waals surface area contributed by atoms with E-state index < -0.39 is 0 Å². The zero-order valence-corrected chi connectivity index (χ0v) is 33.9. The molecule has 0 aliphatic rings. The Kier molecular flexibility index (Phi) is 9.28. The summed E-state index contributed by atoms with van der Waals surface area (Å²) in [6, 6.07) is 73.3. The topological polar surface area (TPSA) is 69.4 Å². The third-order valence-corrected chi connectivity index (χ3v) is 11.3. The summed E-state index contributed by atoms with van der Waals surface area (Å²) in [7, 11) is 0. The molecule has 6 nitrogen and oxygen atoms in total. The lowest BCUT2D eigenvalue weighted by atomic mass is 10.0. The van der Waals surface area contributed by atoms with Crippen molar-refractivity contribution in [1.29, 1.82) is 0 Å². The van der Waals surface area contributed by atoms with E-state index in [1.165, 1.54) is 11.1 Å². The summed E-state index contributed by atoms with van der Waals surface area (Å²) < 4.78 is 2.36. The van der Waals surface area contributed by atoms with Crippen molar-refractivity contribution >= 4 is 21.8 Å². The minimum Gasteiger partial charge on any atom is -0.308 e. The first kappa shape index (κ1) is 36.7. The average molecular weight is 795 g/mol. The number of hydrogen-bond donors (Lipinski definition) is 0. The quantitative estimate of drug-likeness (QED) is 0.153. The first-order valence-corrected chi connectivity index (χ1v) is 20.8. The fraction of sp³-hybridized carbons (Fsp3) is 0.0179. The molecule has 3 heterocycles. The SMILES string of the molecule is Cc1cccc(-c2ccc3c4ccccc4n(-c4ccc(-c5nc(-c6ccccc6)cc(-c6ccccc6)n5)cc4-c4nc(-c5ccccc5)nc(-c5ccccc5)n4)c3c2)c1. The van der Waals surface area contributed by atoms with Gasteiger partial charge in [0.05, 0.1) is 28.1 Å². The maximum atomic E-state index is 5.29. The highest BCUT2D eigenvalue weighted by molar-refractivity contribution is 6.10. The molecule has 0 amide bonds. The van der Waals surface area contributed by atoms with Crippen LogP contribution in [0.5, 0.6) is 0 Å². The molecule has 0 fully saturated rings. The number of rotatable bonds is 8. The van der Waals surface area contributed by atoms with Gasteiger partial charge in [0.15, 0.2) is 23.3 Å². The van der Waals surface area contributed by atoms with Gasteiger partial charge in [0.2, 0.25) is 0 Å². The predicted octanol–water partition coefficient (Wildman–Crippen LogP) is 13.7. The Morgan fingerprint density at radius 3 is 1.40 bits per heavy atom. The Bertz CT molecular complexity index is 3280. The highest BCUT2D eigenvalue weighted by Gasteiger charge is 2.22. The Morgan fingerprint density at radius 1 is 0.306 bits per heavy atom. The van der Waals surface area contributed by atoms with Crippen LogP contribution in [-0.4, -0.2) is 29.5 Å². The monoisotopic (exact) mass is 794 g/mol. The zero-order chi connectivity index (χ0) is 41.4. The molecule has 0 N–H and O–H groups in total. The number of benzene rings is 8. The lowest BCUT2D eigenvalue weighted by Crippen LogP contribution is -2.04. The summed E-state index contributed by atoms with van der Waals surface area (Å²) in [4.78, 5) is 26.1. The molecule has 0 aliphatic carbocycles. The summed E-state index contributed by atoms with van der Waals surface area (Å²) >= 11 is 0. The lowest BCUT2D eigenvalue weighted by molar-refractivity contribution is 1.06. The van der Waals surface area contributed by atoms with Crippen LogP contribution < -0.4 is 0 Å². The van der Waals surface area contributed by atoms with Crippen LogP contribution in [0.4, 0.5) is 0 Å². The van der Waals surface area contributed by atoms with Crippen molar-refractivity contribution in [3.05, 3.63) is 218 Å². The van der Waals surface area contributed by atoms with E-state index in [9.17, 15) is 0 Å². The molecule has 62 heavy (non-hydrogen) atoms. The van der Waals surface area contributed by atoms with Crippen LogP contribution in [0.2, 0.25) is 0 Å². The van der Waals surface area contributed by atoms with E-state index in [2.05, 4.69) is 127 Å². The van der Waals surface area contributed by atoms with Gasteiger partial charge < -0.3 is 4.57 Å². The molecule has 292 valence electrons. The molecule has 11 aromatic rings. The largest absolute Gasteiger partial charge is 0.308 e. The van der Waals surface area contributed by atoms with E-state index in [1.807, 2.05) is 97.1 Å². The van der Waals surface area contributed by atoms with Gasteiger partial charge in [0.25, 0.3) is 0 Å². The van der Waals surface area contributed by atoms with Gasteiger partial charge in [-0.15, -0.1) is 0 Å². The number of para-hydroxylation sites is 1. The van der Waals surface area contributed by atoms with Gasteiger partial charge in [-0.25, -0.2) is 24.9 Å². The van der Waals surface area contributed by atoms with Crippen molar-refractivity contribution in [3.8, 4) is 84.9 Å². The molecule has 0 radical (unpaired) electrons. The molecule has 11 rings (SSSR count). The summed E-state index contributed by atoms with van der Waals surface area (Å²) in [5.74, 6) is 2.31. The fourth-order valence-corrected chi connectivity index (χ4v) is 8.30. The maximum absolute atomic E-state index is 5.29. The first-order chi connectivity index (χ1) is 30.6. The summed E-state index contributed by atoms with van der Waals surface area (Å²) in [6.07, 6.45) is 0. The predicted molar refractivity (Wildman–Crippen MR) is 253 cm³/mol. The molecular weight excluding hydrogens is 757 g/mol. The highest BCUT2D eigenvalue weighted by atomic mass is 15.1. The van der Waals surface area contributed by atoms with Crippen molar-refractivity contribution < 1.29 is 0 Å². The van der Waals surface area contributed by atoms with E-state index in [0.717, 1.165) is 77.8 Å². The van der Waals surface area contributed by atoms with Crippen molar-refractivity contribution in [2.45, 2.75) is 6.92 Å². The molecule has 0 atom stereocenters. The summed E-state index contributed by atoms with van der Waals surface area (Å²) in [5.41, 5.74) is 13.8. The normalized spacial score (nSPS) is 11.3. The Hall–Kier alpha value is -8.35. The van der Waals surface area contributed by atoms with Crippen molar-refractivity contribution in [1.82, 2.24) is 29.5 Å². The molecule has 0 saturated heterocycles. The smallest absolute Gasteiger partial charge is 0.166 e. The highest BCUT2D eigenvalue weighted by Crippen LogP contribution is 2.40. The number of aryl methyl sites for hydroxylation is 1. The second kappa shape index (κ2) is 15.7. The van der Waals surface area contributed by atoms with E-state index in [-0.39, 0.29) is 0 Å². The number of fused-ring (bicyclic) bond motifs is 3. The van der Waals surface area contributed by atoms with Gasteiger partial charge in [-0.3, -0.25) is 0 Å². The van der Waals surface area contributed by atoms with Gasteiger partial charge in [-0.2, -0.15) is 0 Å². The maximum Gasteiger partial charge on any atom is 0.166 e. The standard InChI is InChI=1S/C56H38N6/c1-37-17-16-26-42(33-37)43-29-31-46-45-27-14-15-28-50(45)62(52(46)35-43)51-32-30-44(55-57-48(38-18-6-2-7-19-38)36-49(58-55)39-20-8-3-9-21-39)34-47(51)56-60-53(40-22-10-4-11-23-40)59-54(61-56)41-24-12-5-13-25-41/h2-36H,1H3. The van der Waals surface area contributed by atoms with Crippen LogP contribution in [0.1, 0.15) is 5.56 Å². The molecule has 0 spiro atoms. The van der Waals surface area contributed by atoms with Gasteiger partial charge >= 0.3 is 0 Å². The lowest BCUT2D eigenvalue weighted by Gasteiger charge is -2.17. The summed E-state index contributed by atoms with van der Waals surface area (Å²) in [5, 5.41) is 2.31. The number of nitrogens with zero attached hydrogens (tertiary/aromatic N) is 6.